The average Bonchev–Trinajstić information content (AvgIpc) is 3.25. The number of hydrogen-bond donors (Lipinski definition) is 1. The Morgan fingerprint density at radius 1 is 1.13 bits per heavy atom. The van der Waals surface area contributed by atoms with E-state index in [1.807, 2.05) is 45.0 Å². The molecule has 4 heterocycles. The number of ether oxygens (including phenoxy) is 1. The second kappa shape index (κ2) is 6.55. The van der Waals surface area contributed by atoms with Gasteiger partial charge in [-0.25, -0.2) is 4.79 Å². The number of pyridine rings is 2. The fourth-order valence-corrected chi connectivity index (χ4v) is 3.98. The summed E-state index contributed by atoms with van der Waals surface area (Å²) in [6, 6.07) is 7.53. The molecule has 5 rings (SSSR count). The van der Waals surface area contributed by atoms with Gasteiger partial charge in [0.15, 0.2) is 0 Å². The van der Waals surface area contributed by atoms with Gasteiger partial charge >= 0.3 is 5.69 Å². The molecule has 0 radical (unpaired) electrons. The number of benzene rings is 1. The second-order valence-electron chi connectivity index (χ2n) is 7.16. The van der Waals surface area contributed by atoms with Gasteiger partial charge < -0.3 is 14.2 Å². The maximum Gasteiger partial charge on any atom is 0.331 e. The summed E-state index contributed by atoms with van der Waals surface area (Å²) in [5.41, 5.74) is 5.82. The van der Waals surface area contributed by atoms with Crippen molar-refractivity contribution in [2.24, 2.45) is 0 Å². The molecule has 30 heavy (non-hydrogen) atoms. The minimum Gasteiger partial charge on any atom is -0.496 e. The summed E-state index contributed by atoms with van der Waals surface area (Å²) < 4.78 is 12.7. The van der Waals surface area contributed by atoms with E-state index in [-0.39, 0.29) is 5.69 Å². The Labute approximate surface area is 171 Å². The van der Waals surface area contributed by atoms with Crippen LogP contribution in [-0.2, 0) is 0 Å². The molecule has 0 fully saturated rings. The lowest BCUT2D eigenvalue weighted by atomic mass is 10.0. The molecule has 150 valence electrons. The van der Waals surface area contributed by atoms with E-state index in [1.165, 1.54) is 0 Å². The number of nitrogens with one attached hydrogen (secondary N) is 1. The van der Waals surface area contributed by atoms with Crippen LogP contribution in [0.25, 0.3) is 38.8 Å². The number of methoxy groups -OCH3 is 1. The summed E-state index contributed by atoms with van der Waals surface area (Å²) in [5, 5.41) is 4.85. The number of hydrogen-bond acceptors (Lipinski definition) is 6. The highest BCUT2D eigenvalue weighted by molar-refractivity contribution is 6.05. The molecule has 5 aromatic rings. The average molecular weight is 401 g/mol. The van der Waals surface area contributed by atoms with Crippen molar-refractivity contribution in [2.45, 2.75) is 20.8 Å². The first-order valence-electron chi connectivity index (χ1n) is 9.46. The normalized spacial score (nSPS) is 11.5. The summed E-state index contributed by atoms with van der Waals surface area (Å²) in [6.45, 7) is 5.63. The van der Waals surface area contributed by atoms with Crippen LogP contribution in [-0.4, -0.2) is 31.8 Å². The highest BCUT2D eigenvalue weighted by Gasteiger charge is 2.20. The number of H-pyrrole nitrogens is 1. The lowest BCUT2D eigenvalue weighted by Crippen LogP contribution is -2.16. The van der Waals surface area contributed by atoms with Crippen molar-refractivity contribution < 1.29 is 9.26 Å². The van der Waals surface area contributed by atoms with Gasteiger partial charge in [0, 0.05) is 17.1 Å². The van der Waals surface area contributed by atoms with Crippen molar-refractivity contribution in [3.63, 3.8) is 0 Å². The molecule has 0 spiro atoms. The van der Waals surface area contributed by atoms with E-state index in [1.54, 1.807) is 24.1 Å². The monoisotopic (exact) mass is 401 g/mol. The molecular formula is C22H19N5O3. The minimum absolute atomic E-state index is 0.246. The molecule has 8 heteroatoms. The molecule has 0 unspecified atom stereocenters. The summed E-state index contributed by atoms with van der Waals surface area (Å²) in [5.74, 6) is 1.35. The Bertz CT molecular complexity index is 1470. The molecule has 1 N–H and O–H groups in total. The van der Waals surface area contributed by atoms with Crippen LogP contribution < -0.4 is 10.4 Å². The van der Waals surface area contributed by atoms with Crippen molar-refractivity contribution in [1.29, 1.82) is 0 Å². The molecule has 8 nitrogen and oxygen atoms in total. The predicted octanol–water partition coefficient (Wildman–Crippen LogP) is 3.85. The second-order valence-corrected chi connectivity index (χ2v) is 7.16. The Kier molecular flexibility index (Phi) is 3.95. The number of aromatic nitrogens is 5. The Morgan fingerprint density at radius 3 is 2.67 bits per heavy atom. The largest absolute Gasteiger partial charge is 0.496 e. The van der Waals surface area contributed by atoms with Crippen molar-refractivity contribution in [1.82, 2.24) is 24.7 Å². The van der Waals surface area contributed by atoms with Crippen LogP contribution in [0, 0.1) is 20.8 Å². The van der Waals surface area contributed by atoms with Gasteiger partial charge in [-0.2, -0.15) is 0 Å². The van der Waals surface area contributed by atoms with E-state index >= 15 is 0 Å². The fourth-order valence-electron chi connectivity index (χ4n) is 3.98. The number of rotatable bonds is 3. The standard InChI is InChI=1S/C22H19N5O3/c1-11-18(6-5-7-23-11)27-21-14-9-19(29-4)15(20-12(2)26-30-13(20)3)8-16(14)24-10-17(21)25-22(27)28/h5-10H,1-4H3,(H,25,28). The van der Waals surface area contributed by atoms with Crippen molar-refractivity contribution in [2.75, 3.05) is 7.11 Å². The van der Waals surface area contributed by atoms with Gasteiger partial charge in [0.1, 0.15) is 11.5 Å². The highest BCUT2D eigenvalue weighted by atomic mass is 16.5. The van der Waals surface area contributed by atoms with Gasteiger partial charge in [0.25, 0.3) is 0 Å². The van der Waals surface area contributed by atoms with Gasteiger partial charge in [-0.05, 0) is 45.0 Å². The fraction of sp³-hybridized carbons (Fsp3) is 0.182. The molecule has 0 saturated carbocycles. The zero-order valence-corrected chi connectivity index (χ0v) is 17.0. The first kappa shape index (κ1) is 18.1. The molecule has 0 atom stereocenters. The lowest BCUT2D eigenvalue weighted by molar-refractivity contribution is 0.393. The van der Waals surface area contributed by atoms with E-state index in [0.29, 0.717) is 17.0 Å². The molecule has 0 aliphatic heterocycles. The van der Waals surface area contributed by atoms with E-state index in [4.69, 9.17) is 9.26 Å². The van der Waals surface area contributed by atoms with Crippen LogP contribution in [0.3, 0.4) is 0 Å². The number of aryl methyl sites for hydroxylation is 3. The molecule has 0 aliphatic carbocycles. The van der Waals surface area contributed by atoms with Crippen LogP contribution in [0.5, 0.6) is 5.75 Å². The molecule has 0 saturated heterocycles. The van der Waals surface area contributed by atoms with E-state index in [9.17, 15) is 4.79 Å². The van der Waals surface area contributed by atoms with E-state index in [2.05, 4.69) is 20.1 Å². The predicted molar refractivity (Wildman–Crippen MR) is 113 cm³/mol. The highest BCUT2D eigenvalue weighted by Crippen LogP contribution is 2.38. The number of aromatic amines is 1. The summed E-state index contributed by atoms with van der Waals surface area (Å²) in [7, 11) is 1.62. The zero-order chi connectivity index (χ0) is 21.0. The van der Waals surface area contributed by atoms with Gasteiger partial charge in [0.05, 0.1) is 52.5 Å². The quantitative estimate of drug-likeness (QED) is 0.493. The third-order valence-electron chi connectivity index (χ3n) is 5.35. The Morgan fingerprint density at radius 2 is 1.97 bits per heavy atom. The summed E-state index contributed by atoms with van der Waals surface area (Å²) in [6.07, 6.45) is 3.38. The third-order valence-corrected chi connectivity index (χ3v) is 5.35. The van der Waals surface area contributed by atoms with Crippen LogP contribution in [0.2, 0.25) is 0 Å². The Hall–Kier alpha value is -3.94. The van der Waals surface area contributed by atoms with Crippen molar-refractivity contribution in [3.05, 3.63) is 64.3 Å². The number of imidazole rings is 1. The lowest BCUT2D eigenvalue weighted by Gasteiger charge is -2.12. The van der Waals surface area contributed by atoms with Gasteiger partial charge in [-0.1, -0.05) is 5.16 Å². The zero-order valence-electron chi connectivity index (χ0n) is 17.0. The smallest absolute Gasteiger partial charge is 0.331 e. The summed E-state index contributed by atoms with van der Waals surface area (Å²) >= 11 is 0. The maximum absolute atomic E-state index is 12.8. The number of fused-ring (bicyclic) bond motifs is 3. The van der Waals surface area contributed by atoms with Crippen molar-refractivity contribution in [3.8, 4) is 22.6 Å². The molecule has 0 bridgehead atoms. The molecule has 0 amide bonds. The van der Waals surface area contributed by atoms with Crippen LogP contribution in [0.15, 0.2) is 46.0 Å². The van der Waals surface area contributed by atoms with Crippen LogP contribution in [0.4, 0.5) is 0 Å². The Balaban J connectivity index is 1.90. The summed E-state index contributed by atoms with van der Waals surface area (Å²) in [4.78, 5) is 24.6. The van der Waals surface area contributed by atoms with Crippen LogP contribution in [0.1, 0.15) is 17.1 Å². The van der Waals surface area contributed by atoms with E-state index in [0.717, 1.165) is 44.6 Å². The SMILES string of the molecule is COc1cc2c(cc1-c1c(C)noc1C)ncc1[nH]c(=O)n(-c3cccnc3C)c12. The molecule has 0 aliphatic rings. The number of nitrogens with zero attached hydrogens (tertiary/aromatic N) is 4. The topological polar surface area (TPSA) is 98.8 Å². The molecule has 1 aromatic carbocycles. The van der Waals surface area contributed by atoms with E-state index < -0.39 is 0 Å². The first-order chi connectivity index (χ1) is 14.5. The van der Waals surface area contributed by atoms with Crippen LogP contribution >= 0.6 is 0 Å². The first-order valence-corrected chi connectivity index (χ1v) is 9.46. The third kappa shape index (κ3) is 2.53. The van der Waals surface area contributed by atoms with Gasteiger partial charge in [-0.3, -0.25) is 14.5 Å². The molecular weight excluding hydrogens is 382 g/mol. The van der Waals surface area contributed by atoms with Gasteiger partial charge in [-0.15, -0.1) is 0 Å². The minimum atomic E-state index is -0.246. The molecule has 4 aromatic heterocycles. The van der Waals surface area contributed by atoms with Gasteiger partial charge in [0.2, 0.25) is 0 Å². The maximum atomic E-state index is 12.8. The van der Waals surface area contributed by atoms with Crippen molar-refractivity contribution >= 4 is 21.9 Å².